The van der Waals surface area contributed by atoms with Crippen molar-refractivity contribution < 1.29 is 32.4 Å². The fourth-order valence-electron chi connectivity index (χ4n) is 3.11. The molecule has 1 N–H and O–H groups in total. The number of nitro benzene ring substituents is 1. The van der Waals surface area contributed by atoms with Crippen LogP contribution in [0.3, 0.4) is 0 Å². The molecule has 0 heterocycles. The van der Waals surface area contributed by atoms with Crippen LogP contribution in [0.15, 0.2) is 18.2 Å². The van der Waals surface area contributed by atoms with E-state index in [4.69, 9.17) is 9.47 Å². The smallest absolute Gasteiger partial charge is 0.423 e. The van der Waals surface area contributed by atoms with Crippen LogP contribution in [0, 0.1) is 16.0 Å². The zero-order chi connectivity index (χ0) is 21.6. The van der Waals surface area contributed by atoms with Crippen molar-refractivity contribution in [1.82, 2.24) is 0 Å². The molecule has 1 aromatic rings. The first-order valence-electron chi connectivity index (χ1n) is 9.45. The van der Waals surface area contributed by atoms with Gasteiger partial charge in [-0.1, -0.05) is 13.8 Å². The molecule has 0 amide bonds. The summed E-state index contributed by atoms with van der Waals surface area (Å²) in [6.07, 6.45) is -2.34. The van der Waals surface area contributed by atoms with E-state index in [2.05, 4.69) is 5.32 Å². The molecule has 0 radical (unpaired) electrons. The Balaban J connectivity index is 1.85. The SMILES string of the molecule is CC(C)COC(=O)COC1CCC(Nc2ccc([N+](=O)[O-])c(C(F)(F)F)c2)CC1. The highest BCUT2D eigenvalue weighted by molar-refractivity contribution is 5.70. The summed E-state index contributed by atoms with van der Waals surface area (Å²) in [5, 5.41) is 13.8. The molecule has 1 aromatic carbocycles. The molecule has 10 heteroatoms. The second-order valence-corrected chi connectivity index (χ2v) is 7.49. The number of hydrogen-bond donors (Lipinski definition) is 1. The molecule has 0 unspecified atom stereocenters. The highest BCUT2D eigenvalue weighted by Gasteiger charge is 2.38. The molecule has 1 saturated carbocycles. The fourth-order valence-corrected chi connectivity index (χ4v) is 3.11. The zero-order valence-corrected chi connectivity index (χ0v) is 16.3. The number of ether oxygens (including phenoxy) is 2. The molecule has 7 nitrogen and oxygen atoms in total. The van der Waals surface area contributed by atoms with Gasteiger partial charge >= 0.3 is 12.1 Å². The summed E-state index contributed by atoms with van der Waals surface area (Å²) < 4.78 is 49.8. The zero-order valence-electron chi connectivity index (χ0n) is 16.3. The molecule has 2 rings (SSSR count). The second kappa shape index (κ2) is 9.91. The van der Waals surface area contributed by atoms with Crippen LogP contribution in [-0.2, 0) is 20.4 Å². The number of nitrogens with zero attached hydrogens (tertiary/aromatic N) is 1. The van der Waals surface area contributed by atoms with Gasteiger partial charge in [0.2, 0.25) is 0 Å². The monoisotopic (exact) mass is 418 g/mol. The van der Waals surface area contributed by atoms with Crippen molar-refractivity contribution in [3.8, 4) is 0 Å². The molecular formula is C19H25F3N2O5. The molecule has 29 heavy (non-hydrogen) atoms. The largest absolute Gasteiger partial charge is 0.464 e. The van der Waals surface area contributed by atoms with Gasteiger partial charge in [0.25, 0.3) is 5.69 Å². The lowest BCUT2D eigenvalue weighted by molar-refractivity contribution is -0.388. The van der Waals surface area contributed by atoms with Crippen molar-refractivity contribution in [2.75, 3.05) is 18.5 Å². The van der Waals surface area contributed by atoms with Crippen LogP contribution in [0.5, 0.6) is 0 Å². The topological polar surface area (TPSA) is 90.7 Å². The number of carbonyl (C=O) groups excluding carboxylic acids is 1. The highest BCUT2D eigenvalue weighted by Crippen LogP contribution is 2.38. The molecule has 1 fully saturated rings. The standard InChI is InChI=1S/C19H25F3N2O5/c1-12(2)10-29-18(25)11-28-15-6-3-13(4-7-15)23-14-5-8-17(24(26)27)16(9-14)19(20,21)22/h5,8-9,12-13,15,23H,3-4,6-7,10-11H2,1-2H3. The van der Waals surface area contributed by atoms with Crippen LogP contribution in [0.4, 0.5) is 24.5 Å². The van der Waals surface area contributed by atoms with Crippen molar-refractivity contribution >= 4 is 17.3 Å². The highest BCUT2D eigenvalue weighted by atomic mass is 19.4. The van der Waals surface area contributed by atoms with E-state index in [1.165, 1.54) is 6.07 Å². The van der Waals surface area contributed by atoms with Gasteiger partial charge in [-0.05, 0) is 43.7 Å². The number of alkyl halides is 3. The van der Waals surface area contributed by atoms with Gasteiger partial charge in [0.15, 0.2) is 0 Å². The third-order valence-electron chi connectivity index (χ3n) is 4.56. The molecule has 162 valence electrons. The van der Waals surface area contributed by atoms with E-state index < -0.39 is 28.3 Å². The van der Waals surface area contributed by atoms with Crippen LogP contribution in [0.2, 0.25) is 0 Å². The van der Waals surface area contributed by atoms with Crippen LogP contribution in [0.1, 0.15) is 45.1 Å². The number of hydrogen-bond acceptors (Lipinski definition) is 6. The Bertz CT molecular complexity index is 716. The summed E-state index contributed by atoms with van der Waals surface area (Å²) in [6.45, 7) is 4.09. The first-order valence-corrected chi connectivity index (χ1v) is 9.45. The van der Waals surface area contributed by atoms with Crippen LogP contribution >= 0.6 is 0 Å². The van der Waals surface area contributed by atoms with E-state index in [1.807, 2.05) is 13.8 Å². The number of esters is 1. The number of anilines is 1. The number of benzene rings is 1. The van der Waals surface area contributed by atoms with Crippen molar-refractivity contribution in [2.45, 2.75) is 57.9 Å². The van der Waals surface area contributed by atoms with Crippen molar-refractivity contribution in [1.29, 1.82) is 0 Å². The molecule has 0 spiro atoms. The number of rotatable bonds is 8. The summed E-state index contributed by atoms with van der Waals surface area (Å²) in [6, 6.07) is 2.83. The van der Waals surface area contributed by atoms with Gasteiger partial charge in [-0.15, -0.1) is 0 Å². The Labute approximate surface area is 166 Å². The summed E-state index contributed by atoms with van der Waals surface area (Å²) >= 11 is 0. The maximum atomic E-state index is 13.1. The van der Waals surface area contributed by atoms with Crippen LogP contribution in [-0.4, -0.2) is 36.3 Å². The van der Waals surface area contributed by atoms with Gasteiger partial charge in [0.05, 0.1) is 17.6 Å². The molecule has 0 atom stereocenters. The fraction of sp³-hybridized carbons (Fsp3) is 0.632. The Morgan fingerprint density at radius 2 is 1.93 bits per heavy atom. The Hall–Kier alpha value is -2.36. The molecule has 1 aliphatic carbocycles. The maximum absolute atomic E-state index is 13.1. The Morgan fingerprint density at radius 1 is 1.28 bits per heavy atom. The van der Waals surface area contributed by atoms with E-state index in [9.17, 15) is 28.1 Å². The first-order chi connectivity index (χ1) is 13.6. The van der Waals surface area contributed by atoms with Crippen molar-refractivity contribution in [3.05, 3.63) is 33.9 Å². The molecule has 0 bridgehead atoms. The average Bonchev–Trinajstić information content (AvgIpc) is 2.65. The Kier molecular flexibility index (Phi) is 7.83. The predicted molar refractivity (Wildman–Crippen MR) is 99.5 cm³/mol. The van der Waals surface area contributed by atoms with E-state index in [0.717, 1.165) is 12.1 Å². The maximum Gasteiger partial charge on any atom is 0.423 e. The molecular weight excluding hydrogens is 393 g/mol. The molecule has 0 aromatic heterocycles. The van der Waals surface area contributed by atoms with Crippen molar-refractivity contribution in [2.24, 2.45) is 5.92 Å². The van der Waals surface area contributed by atoms with E-state index in [0.29, 0.717) is 32.3 Å². The molecule has 1 aliphatic rings. The third kappa shape index (κ3) is 7.19. The number of nitrogens with one attached hydrogen (secondary N) is 1. The van der Waals surface area contributed by atoms with Crippen LogP contribution in [0.25, 0.3) is 0 Å². The van der Waals surface area contributed by atoms with Gasteiger partial charge < -0.3 is 14.8 Å². The minimum atomic E-state index is -4.81. The minimum Gasteiger partial charge on any atom is -0.464 e. The van der Waals surface area contributed by atoms with E-state index in [1.54, 1.807) is 0 Å². The lowest BCUT2D eigenvalue weighted by atomic mass is 9.92. The minimum absolute atomic E-state index is 0.0784. The normalized spacial score (nSPS) is 19.8. The lowest BCUT2D eigenvalue weighted by Crippen LogP contribution is -2.31. The molecule has 0 saturated heterocycles. The van der Waals surface area contributed by atoms with E-state index in [-0.39, 0.29) is 30.4 Å². The van der Waals surface area contributed by atoms with E-state index >= 15 is 0 Å². The molecule has 0 aliphatic heterocycles. The lowest BCUT2D eigenvalue weighted by Gasteiger charge is -2.29. The van der Waals surface area contributed by atoms with Gasteiger partial charge in [-0.3, -0.25) is 10.1 Å². The third-order valence-corrected chi connectivity index (χ3v) is 4.56. The van der Waals surface area contributed by atoms with Gasteiger partial charge in [0, 0.05) is 17.8 Å². The van der Waals surface area contributed by atoms with Gasteiger partial charge in [-0.25, -0.2) is 4.79 Å². The summed E-state index contributed by atoms with van der Waals surface area (Å²) in [5.74, 6) is -0.165. The predicted octanol–water partition coefficient (Wildman–Crippen LogP) is 4.55. The number of halogens is 3. The average molecular weight is 418 g/mol. The van der Waals surface area contributed by atoms with Gasteiger partial charge in [-0.2, -0.15) is 13.2 Å². The number of carbonyl (C=O) groups is 1. The number of nitro groups is 1. The van der Waals surface area contributed by atoms with Crippen molar-refractivity contribution in [3.63, 3.8) is 0 Å². The summed E-state index contributed by atoms with van der Waals surface area (Å²) in [7, 11) is 0. The van der Waals surface area contributed by atoms with Gasteiger partial charge in [0.1, 0.15) is 12.2 Å². The van der Waals surface area contributed by atoms with Crippen LogP contribution < -0.4 is 5.32 Å². The summed E-state index contributed by atoms with van der Waals surface area (Å²) in [4.78, 5) is 21.4. The second-order valence-electron chi connectivity index (χ2n) is 7.49. The summed E-state index contributed by atoms with van der Waals surface area (Å²) in [5.41, 5.74) is -2.06. The quantitative estimate of drug-likeness (QED) is 0.378. The first kappa shape index (κ1) is 22.9. The Morgan fingerprint density at radius 3 is 2.48 bits per heavy atom.